The van der Waals surface area contributed by atoms with Gasteiger partial charge in [-0.25, -0.2) is 4.98 Å². The smallest absolute Gasteiger partial charge is 0.275 e. The number of para-hydroxylation sites is 1. The minimum atomic E-state index is -0.0600. The Labute approximate surface area is 134 Å². The molecule has 1 aromatic carbocycles. The van der Waals surface area contributed by atoms with Gasteiger partial charge in [-0.1, -0.05) is 18.2 Å². The number of rotatable bonds is 3. The Morgan fingerprint density at radius 1 is 1.43 bits per heavy atom. The minimum Gasteiger partial charge on any atom is -0.348 e. The second kappa shape index (κ2) is 5.22. The second-order valence-corrected chi connectivity index (χ2v) is 6.12. The summed E-state index contributed by atoms with van der Waals surface area (Å²) >= 11 is 0. The molecule has 0 atom stereocenters. The summed E-state index contributed by atoms with van der Waals surface area (Å²) in [5, 5.41) is 5.55. The van der Waals surface area contributed by atoms with Gasteiger partial charge in [0.1, 0.15) is 0 Å². The van der Waals surface area contributed by atoms with E-state index in [0.29, 0.717) is 12.2 Å². The minimum absolute atomic E-state index is 0.0600. The SMILES string of the molecule is Cc1[nH]cnc1CN(C)C(=O)c1nn2c3c(cccc13)CCC2. The summed E-state index contributed by atoms with van der Waals surface area (Å²) in [7, 11) is 1.80. The van der Waals surface area contributed by atoms with Gasteiger partial charge in [-0.05, 0) is 25.3 Å². The van der Waals surface area contributed by atoms with E-state index in [1.54, 1.807) is 18.3 Å². The Balaban J connectivity index is 1.70. The van der Waals surface area contributed by atoms with Crippen LogP contribution in [0.5, 0.6) is 0 Å². The van der Waals surface area contributed by atoms with Crippen molar-refractivity contribution in [1.82, 2.24) is 24.6 Å². The van der Waals surface area contributed by atoms with Crippen molar-refractivity contribution >= 4 is 16.8 Å². The molecule has 23 heavy (non-hydrogen) atoms. The number of aryl methyl sites for hydroxylation is 3. The molecule has 0 fully saturated rings. The van der Waals surface area contributed by atoms with E-state index >= 15 is 0 Å². The van der Waals surface area contributed by atoms with Crippen molar-refractivity contribution in [3.05, 3.63) is 47.2 Å². The number of H-pyrrole nitrogens is 1. The third kappa shape index (κ3) is 2.21. The van der Waals surface area contributed by atoms with Gasteiger partial charge in [0.25, 0.3) is 5.91 Å². The maximum Gasteiger partial charge on any atom is 0.275 e. The van der Waals surface area contributed by atoms with Crippen LogP contribution in [0.1, 0.15) is 33.9 Å². The number of aromatic nitrogens is 4. The highest BCUT2D eigenvalue weighted by molar-refractivity contribution is 6.05. The average Bonchev–Trinajstić information content (AvgIpc) is 3.13. The summed E-state index contributed by atoms with van der Waals surface area (Å²) < 4.78 is 1.98. The maximum absolute atomic E-state index is 12.9. The Kier molecular flexibility index (Phi) is 3.18. The number of hydrogen-bond donors (Lipinski definition) is 1. The molecule has 0 spiro atoms. The van der Waals surface area contributed by atoms with E-state index in [1.165, 1.54) is 5.56 Å². The first-order chi connectivity index (χ1) is 11.1. The van der Waals surface area contributed by atoms with Crippen molar-refractivity contribution in [3.63, 3.8) is 0 Å². The van der Waals surface area contributed by atoms with Crippen molar-refractivity contribution in [1.29, 1.82) is 0 Å². The standard InChI is InChI=1S/C17H19N5O/c1-11-14(19-10-18-11)9-21(2)17(23)15-13-7-3-5-12-6-4-8-22(20-15)16(12)13/h3,5,7,10H,4,6,8-9H2,1-2H3,(H,18,19). The first-order valence-electron chi connectivity index (χ1n) is 7.88. The lowest BCUT2D eigenvalue weighted by Gasteiger charge is -2.15. The van der Waals surface area contributed by atoms with Gasteiger partial charge in [-0.2, -0.15) is 5.10 Å². The molecular weight excluding hydrogens is 290 g/mol. The molecule has 2 aromatic heterocycles. The number of hydrogen-bond acceptors (Lipinski definition) is 3. The molecule has 3 heterocycles. The Morgan fingerprint density at radius 3 is 3.09 bits per heavy atom. The Morgan fingerprint density at radius 2 is 2.30 bits per heavy atom. The zero-order valence-electron chi connectivity index (χ0n) is 13.3. The van der Waals surface area contributed by atoms with E-state index in [1.807, 2.05) is 23.7 Å². The predicted molar refractivity (Wildman–Crippen MR) is 87.2 cm³/mol. The van der Waals surface area contributed by atoms with Crippen LogP contribution >= 0.6 is 0 Å². The molecule has 0 saturated heterocycles. The first-order valence-corrected chi connectivity index (χ1v) is 7.88. The normalized spacial score (nSPS) is 13.5. The summed E-state index contributed by atoms with van der Waals surface area (Å²) in [4.78, 5) is 21.9. The van der Waals surface area contributed by atoms with E-state index in [2.05, 4.69) is 21.1 Å². The number of carbonyl (C=O) groups is 1. The van der Waals surface area contributed by atoms with Gasteiger partial charge in [0.15, 0.2) is 5.69 Å². The number of aromatic amines is 1. The van der Waals surface area contributed by atoms with Gasteiger partial charge in [0, 0.05) is 24.7 Å². The summed E-state index contributed by atoms with van der Waals surface area (Å²) in [5.41, 5.74) is 4.81. The zero-order valence-corrected chi connectivity index (χ0v) is 13.3. The summed E-state index contributed by atoms with van der Waals surface area (Å²) in [6, 6.07) is 6.14. The van der Waals surface area contributed by atoms with Crippen LogP contribution in [0.25, 0.3) is 10.9 Å². The van der Waals surface area contributed by atoms with Crippen LogP contribution in [0.15, 0.2) is 24.5 Å². The number of imidazole rings is 1. The number of amides is 1. The van der Waals surface area contributed by atoms with Crippen molar-refractivity contribution in [3.8, 4) is 0 Å². The van der Waals surface area contributed by atoms with Crippen molar-refractivity contribution in [2.75, 3.05) is 7.05 Å². The van der Waals surface area contributed by atoms with Crippen LogP contribution in [-0.4, -0.2) is 37.6 Å². The molecule has 6 nitrogen and oxygen atoms in total. The van der Waals surface area contributed by atoms with Crippen LogP contribution in [0.2, 0.25) is 0 Å². The number of benzene rings is 1. The fourth-order valence-corrected chi connectivity index (χ4v) is 3.28. The lowest BCUT2D eigenvalue weighted by Crippen LogP contribution is -2.27. The highest BCUT2D eigenvalue weighted by Crippen LogP contribution is 2.28. The first kappa shape index (κ1) is 14.0. The topological polar surface area (TPSA) is 66.8 Å². The number of carbonyl (C=O) groups excluding carboxylic acids is 1. The lowest BCUT2D eigenvalue weighted by atomic mass is 10.0. The van der Waals surface area contributed by atoms with Gasteiger partial charge in [-0.3, -0.25) is 9.48 Å². The second-order valence-electron chi connectivity index (χ2n) is 6.12. The van der Waals surface area contributed by atoms with Crippen LogP contribution in [-0.2, 0) is 19.5 Å². The van der Waals surface area contributed by atoms with Crippen molar-refractivity contribution < 1.29 is 4.79 Å². The van der Waals surface area contributed by atoms with Gasteiger partial charge in [0.2, 0.25) is 0 Å². The zero-order chi connectivity index (χ0) is 16.0. The third-order valence-corrected chi connectivity index (χ3v) is 4.54. The largest absolute Gasteiger partial charge is 0.348 e. The molecule has 6 heteroatoms. The Bertz CT molecular complexity index is 892. The Hall–Kier alpha value is -2.63. The molecule has 3 aromatic rings. The molecule has 0 aliphatic carbocycles. The van der Waals surface area contributed by atoms with Crippen LogP contribution < -0.4 is 0 Å². The third-order valence-electron chi connectivity index (χ3n) is 4.54. The molecular formula is C17H19N5O. The monoisotopic (exact) mass is 309 g/mol. The van der Waals surface area contributed by atoms with Gasteiger partial charge in [-0.15, -0.1) is 0 Å². The fraction of sp³-hybridized carbons (Fsp3) is 0.353. The summed E-state index contributed by atoms with van der Waals surface area (Å²) in [6.45, 7) is 3.31. The van der Waals surface area contributed by atoms with E-state index in [4.69, 9.17) is 0 Å². The maximum atomic E-state index is 12.9. The number of nitrogens with zero attached hydrogens (tertiary/aromatic N) is 4. The molecule has 1 N–H and O–H groups in total. The van der Waals surface area contributed by atoms with Crippen molar-refractivity contribution in [2.24, 2.45) is 0 Å². The number of nitrogens with one attached hydrogen (secondary N) is 1. The van der Waals surface area contributed by atoms with Gasteiger partial charge < -0.3 is 9.88 Å². The molecule has 118 valence electrons. The molecule has 1 aliphatic heterocycles. The highest BCUT2D eigenvalue weighted by Gasteiger charge is 2.24. The van der Waals surface area contributed by atoms with Crippen LogP contribution in [0.4, 0.5) is 0 Å². The average molecular weight is 309 g/mol. The molecule has 1 aliphatic rings. The molecule has 1 amide bonds. The summed E-state index contributed by atoms with van der Waals surface area (Å²) in [5.74, 6) is -0.0600. The van der Waals surface area contributed by atoms with Gasteiger partial charge >= 0.3 is 0 Å². The highest BCUT2D eigenvalue weighted by atomic mass is 16.2. The molecule has 0 bridgehead atoms. The predicted octanol–water partition coefficient (Wildman–Crippen LogP) is 2.29. The van der Waals surface area contributed by atoms with Gasteiger partial charge in [0.05, 0.1) is 24.1 Å². The van der Waals surface area contributed by atoms with E-state index in [0.717, 1.165) is 41.7 Å². The summed E-state index contributed by atoms with van der Waals surface area (Å²) in [6.07, 6.45) is 3.78. The van der Waals surface area contributed by atoms with Crippen molar-refractivity contribution in [2.45, 2.75) is 32.9 Å². The molecule has 4 rings (SSSR count). The van der Waals surface area contributed by atoms with E-state index in [9.17, 15) is 4.79 Å². The molecule has 0 radical (unpaired) electrons. The quantitative estimate of drug-likeness (QED) is 0.807. The van der Waals surface area contributed by atoms with Crippen LogP contribution in [0.3, 0.4) is 0 Å². The molecule has 0 unspecified atom stereocenters. The van der Waals surface area contributed by atoms with E-state index in [-0.39, 0.29) is 5.91 Å². The fourth-order valence-electron chi connectivity index (χ4n) is 3.28. The molecule has 0 saturated carbocycles. The van der Waals surface area contributed by atoms with E-state index < -0.39 is 0 Å². The van der Waals surface area contributed by atoms with Crippen LogP contribution in [0, 0.1) is 6.92 Å². The lowest BCUT2D eigenvalue weighted by molar-refractivity contribution is 0.0778.